The molecule has 2 aliphatic heterocycles. The van der Waals surface area contributed by atoms with E-state index in [1.54, 1.807) is 0 Å². The summed E-state index contributed by atoms with van der Waals surface area (Å²) < 4.78 is 13.1. The Bertz CT molecular complexity index is 922. The quantitative estimate of drug-likeness (QED) is 0.711. The number of hydrogen-bond acceptors (Lipinski definition) is 5. The van der Waals surface area contributed by atoms with Gasteiger partial charge in [0, 0.05) is 44.8 Å². The Balaban J connectivity index is 1.47. The maximum atomic E-state index is 9.18. The highest BCUT2D eigenvalue weighted by Crippen LogP contribution is 2.44. The third-order valence-corrected chi connectivity index (χ3v) is 7.23. The summed E-state index contributed by atoms with van der Waals surface area (Å²) in [6.45, 7) is 15.4. The van der Waals surface area contributed by atoms with Crippen molar-refractivity contribution in [3.05, 3.63) is 58.1 Å². The summed E-state index contributed by atoms with van der Waals surface area (Å²) in [7, 11) is 0. The fourth-order valence-corrected chi connectivity index (χ4v) is 5.12. The summed E-state index contributed by atoms with van der Waals surface area (Å²) in [4.78, 5) is 4.86. The molecule has 174 valence electrons. The molecule has 0 saturated carbocycles. The molecular formula is C27H38N2O3. The van der Waals surface area contributed by atoms with E-state index in [0.717, 1.165) is 63.6 Å². The van der Waals surface area contributed by atoms with Gasteiger partial charge >= 0.3 is 0 Å². The Kier molecular flexibility index (Phi) is 7.08. The summed E-state index contributed by atoms with van der Waals surface area (Å²) in [6.07, 6.45) is 2.03. The summed E-state index contributed by atoms with van der Waals surface area (Å²) in [5.41, 5.74) is 5.92. The fraction of sp³-hybridized carbons (Fsp3) is 0.556. The molecule has 2 aromatic carbocycles. The zero-order valence-corrected chi connectivity index (χ0v) is 20.1. The molecule has 0 aromatic heterocycles. The number of rotatable bonds is 7. The van der Waals surface area contributed by atoms with E-state index in [4.69, 9.17) is 9.47 Å². The van der Waals surface area contributed by atoms with Crippen molar-refractivity contribution in [3.8, 4) is 11.5 Å². The van der Waals surface area contributed by atoms with Gasteiger partial charge in [0.05, 0.1) is 6.61 Å². The van der Waals surface area contributed by atoms with Gasteiger partial charge in [-0.05, 0) is 62.8 Å². The first-order valence-electron chi connectivity index (χ1n) is 11.9. The lowest BCUT2D eigenvalue weighted by atomic mass is 9.86. The van der Waals surface area contributed by atoms with Gasteiger partial charge in [0.25, 0.3) is 0 Å². The van der Waals surface area contributed by atoms with E-state index in [0.29, 0.717) is 6.61 Å². The number of benzene rings is 2. The molecule has 2 heterocycles. The van der Waals surface area contributed by atoms with Crippen molar-refractivity contribution in [2.24, 2.45) is 0 Å². The Labute approximate surface area is 192 Å². The molecule has 0 amide bonds. The first kappa shape index (κ1) is 23.1. The average Bonchev–Trinajstić information content (AvgIpc) is 2.79. The van der Waals surface area contributed by atoms with Crippen LogP contribution >= 0.6 is 0 Å². The molecular weight excluding hydrogens is 400 g/mol. The molecule has 1 N–H and O–H groups in total. The highest BCUT2D eigenvalue weighted by Gasteiger charge is 2.36. The number of nitrogens with zero attached hydrogens (tertiary/aromatic N) is 2. The van der Waals surface area contributed by atoms with Crippen molar-refractivity contribution in [3.63, 3.8) is 0 Å². The van der Waals surface area contributed by atoms with Crippen molar-refractivity contribution in [2.75, 3.05) is 45.9 Å². The van der Waals surface area contributed by atoms with Gasteiger partial charge in [-0.2, -0.15) is 0 Å². The van der Waals surface area contributed by atoms with Gasteiger partial charge in [0.1, 0.15) is 23.7 Å². The summed E-state index contributed by atoms with van der Waals surface area (Å²) in [6, 6.07) is 10.4. The van der Waals surface area contributed by atoms with Crippen LogP contribution in [0.2, 0.25) is 0 Å². The topological polar surface area (TPSA) is 45.2 Å². The van der Waals surface area contributed by atoms with Crippen LogP contribution in [0.5, 0.6) is 11.5 Å². The van der Waals surface area contributed by atoms with E-state index in [1.165, 1.54) is 27.8 Å². The molecule has 32 heavy (non-hydrogen) atoms. The second kappa shape index (κ2) is 9.82. The normalized spacial score (nSPS) is 21.8. The van der Waals surface area contributed by atoms with E-state index in [-0.39, 0.29) is 12.2 Å². The van der Waals surface area contributed by atoms with Crippen LogP contribution in [0.25, 0.3) is 0 Å². The lowest BCUT2D eigenvalue weighted by Gasteiger charge is -2.43. The monoisotopic (exact) mass is 438 g/mol. The Hall–Kier alpha value is -2.08. The van der Waals surface area contributed by atoms with Crippen LogP contribution in [0.15, 0.2) is 30.3 Å². The van der Waals surface area contributed by atoms with E-state index < -0.39 is 0 Å². The second-order valence-corrected chi connectivity index (χ2v) is 9.68. The van der Waals surface area contributed by atoms with Crippen LogP contribution in [-0.4, -0.2) is 66.4 Å². The predicted molar refractivity (Wildman–Crippen MR) is 129 cm³/mol. The lowest BCUT2D eigenvalue weighted by molar-refractivity contribution is 0.00677. The van der Waals surface area contributed by atoms with E-state index in [9.17, 15) is 5.11 Å². The zero-order chi connectivity index (χ0) is 22.7. The Morgan fingerprint density at radius 2 is 1.66 bits per heavy atom. The first-order valence-corrected chi connectivity index (χ1v) is 11.9. The Morgan fingerprint density at radius 3 is 2.34 bits per heavy atom. The van der Waals surface area contributed by atoms with Crippen molar-refractivity contribution in [1.29, 1.82) is 0 Å². The van der Waals surface area contributed by atoms with E-state index in [2.05, 4.69) is 61.8 Å². The number of fused-ring (bicyclic) bond motifs is 1. The maximum Gasteiger partial charge on any atom is 0.127 e. The van der Waals surface area contributed by atoms with E-state index in [1.807, 2.05) is 6.07 Å². The van der Waals surface area contributed by atoms with Crippen LogP contribution in [-0.2, 0) is 13.0 Å². The molecule has 5 heteroatoms. The smallest absolute Gasteiger partial charge is 0.127 e. The van der Waals surface area contributed by atoms with Gasteiger partial charge in [0.15, 0.2) is 0 Å². The van der Waals surface area contributed by atoms with E-state index >= 15 is 0 Å². The molecule has 5 nitrogen and oxygen atoms in total. The molecule has 1 saturated heterocycles. The molecule has 2 aliphatic rings. The minimum atomic E-state index is -0.178. The standard InChI is InChI=1S/C27H38N2O3/c1-20-21(2)26-24(22(3)25(20)31-18-23-8-6-5-7-9-23)10-11-27(4,32-26)19-29-14-12-28(13-15-29)16-17-30/h5-9,30H,10-19H2,1-4H3/t27-/m0/s1. The molecule has 1 fully saturated rings. The highest BCUT2D eigenvalue weighted by molar-refractivity contribution is 5.59. The first-order chi connectivity index (χ1) is 15.4. The van der Waals surface area contributed by atoms with Crippen molar-refractivity contribution in [1.82, 2.24) is 9.80 Å². The number of hydrogen-bond donors (Lipinski definition) is 1. The lowest BCUT2D eigenvalue weighted by Crippen LogP contribution is -2.54. The van der Waals surface area contributed by atoms with Gasteiger partial charge < -0.3 is 14.6 Å². The van der Waals surface area contributed by atoms with Gasteiger partial charge in [-0.1, -0.05) is 30.3 Å². The number of β-amino-alcohol motifs (C(OH)–C–C–N with tert-alkyl or cyclic N) is 1. The minimum absolute atomic E-state index is 0.178. The van der Waals surface area contributed by atoms with Gasteiger partial charge in [-0.25, -0.2) is 0 Å². The van der Waals surface area contributed by atoms with Crippen LogP contribution < -0.4 is 9.47 Å². The predicted octanol–water partition coefficient (Wildman–Crippen LogP) is 3.88. The summed E-state index contributed by atoms with van der Waals surface area (Å²) in [5, 5.41) is 9.18. The molecule has 2 aromatic rings. The van der Waals surface area contributed by atoms with Crippen molar-refractivity contribution >= 4 is 0 Å². The van der Waals surface area contributed by atoms with Crippen molar-refractivity contribution in [2.45, 2.75) is 52.7 Å². The van der Waals surface area contributed by atoms with Gasteiger partial charge in [0.2, 0.25) is 0 Å². The number of aliphatic hydroxyl groups excluding tert-OH is 1. The third kappa shape index (κ3) is 4.95. The summed E-state index contributed by atoms with van der Waals surface area (Å²) >= 11 is 0. The minimum Gasteiger partial charge on any atom is -0.488 e. The average molecular weight is 439 g/mol. The largest absolute Gasteiger partial charge is 0.488 e. The molecule has 1 atom stereocenters. The SMILES string of the molecule is Cc1c(C)c2c(c(C)c1OCc1ccccc1)CC[C@@](C)(CN1CCN(CCO)CC1)O2. The maximum absolute atomic E-state index is 9.18. The molecule has 0 radical (unpaired) electrons. The Morgan fingerprint density at radius 1 is 0.969 bits per heavy atom. The molecule has 0 aliphatic carbocycles. The molecule has 0 spiro atoms. The third-order valence-electron chi connectivity index (χ3n) is 7.23. The highest BCUT2D eigenvalue weighted by atomic mass is 16.5. The zero-order valence-electron chi connectivity index (χ0n) is 20.1. The number of piperazine rings is 1. The summed E-state index contributed by atoms with van der Waals surface area (Å²) in [5.74, 6) is 2.08. The molecule has 0 unspecified atom stereocenters. The van der Waals surface area contributed by atoms with Crippen LogP contribution in [0, 0.1) is 20.8 Å². The molecule has 0 bridgehead atoms. The second-order valence-electron chi connectivity index (χ2n) is 9.68. The fourth-order valence-electron chi connectivity index (χ4n) is 5.12. The molecule has 4 rings (SSSR count). The van der Waals surface area contributed by atoms with Crippen LogP contribution in [0.4, 0.5) is 0 Å². The van der Waals surface area contributed by atoms with Crippen molar-refractivity contribution < 1.29 is 14.6 Å². The number of ether oxygens (including phenoxy) is 2. The van der Waals surface area contributed by atoms with Gasteiger partial charge in [-0.3, -0.25) is 9.80 Å². The van der Waals surface area contributed by atoms with Crippen LogP contribution in [0.3, 0.4) is 0 Å². The van der Waals surface area contributed by atoms with Crippen LogP contribution in [0.1, 0.15) is 41.2 Å². The number of aliphatic hydroxyl groups is 1. The van der Waals surface area contributed by atoms with Gasteiger partial charge in [-0.15, -0.1) is 0 Å².